The Morgan fingerprint density at radius 3 is 2.22 bits per heavy atom. The van der Waals surface area contributed by atoms with Crippen molar-refractivity contribution in [3.8, 4) is 22.4 Å². The maximum absolute atomic E-state index is 12.9. The Balaban J connectivity index is 0.000000318. The molecule has 5 heteroatoms. The number of rotatable bonds is 2. The zero-order valence-electron chi connectivity index (χ0n) is 17.5. The van der Waals surface area contributed by atoms with Crippen LogP contribution < -0.4 is 0 Å². The quantitative estimate of drug-likeness (QED) is 0.155. The van der Waals surface area contributed by atoms with E-state index in [1.165, 1.54) is 19.9 Å². The Labute approximate surface area is 200 Å². The molecule has 1 aliphatic carbocycles. The molecule has 0 saturated heterocycles. The molecule has 32 heavy (non-hydrogen) atoms. The Kier molecular flexibility index (Phi) is 7.14. The van der Waals surface area contributed by atoms with E-state index in [9.17, 15) is 9.59 Å². The number of hydrogen-bond donors (Lipinski definition) is 1. The average molecular weight is 599 g/mol. The van der Waals surface area contributed by atoms with E-state index >= 15 is 0 Å². The van der Waals surface area contributed by atoms with Crippen LogP contribution in [0.3, 0.4) is 0 Å². The van der Waals surface area contributed by atoms with Crippen LogP contribution in [0, 0.1) is 6.07 Å². The van der Waals surface area contributed by atoms with E-state index < -0.39 is 0 Å². The fraction of sp³-hybridized carbons (Fsp3) is 0.0741. The van der Waals surface area contributed by atoms with Gasteiger partial charge in [-0.25, -0.2) is 0 Å². The molecule has 0 spiro atoms. The van der Waals surface area contributed by atoms with E-state index in [1.807, 2.05) is 72.9 Å². The molecule has 3 aromatic carbocycles. The van der Waals surface area contributed by atoms with Crippen molar-refractivity contribution in [1.29, 1.82) is 0 Å². The van der Waals surface area contributed by atoms with Crippen LogP contribution in [0.5, 0.6) is 0 Å². The van der Waals surface area contributed by atoms with Crippen LogP contribution in [0.25, 0.3) is 33.2 Å². The van der Waals surface area contributed by atoms with Gasteiger partial charge in [-0.15, -0.1) is 35.9 Å². The molecule has 0 atom stereocenters. The molecular weight excluding hydrogens is 579 g/mol. The van der Waals surface area contributed by atoms with Gasteiger partial charge in [-0.1, -0.05) is 42.5 Å². The van der Waals surface area contributed by atoms with Crippen LogP contribution in [-0.4, -0.2) is 21.7 Å². The first-order chi connectivity index (χ1) is 15.0. The predicted octanol–water partition coefficient (Wildman–Crippen LogP) is 5.95. The van der Waals surface area contributed by atoms with Gasteiger partial charge in [-0.05, 0) is 35.9 Å². The van der Waals surface area contributed by atoms with Crippen LogP contribution in [0.1, 0.15) is 29.8 Å². The maximum atomic E-state index is 12.9. The van der Waals surface area contributed by atoms with Crippen LogP contribution in [0.2, 0.25) is 0 Å². The van der Waals surface area contributed by atoms with Crippen molar-refractivity contribution in [1.82, 2.24) is 4.98 Å². The van der Waals surface area contributed by atoms with Crippen LogP contribution in [0.15, 0.2) is 84.8 Å². The third kappa shape index (κ3) is 4.45. The van der Waals surface area contributed by atoms with Gasteiger partial charge in [0.05, 0.1) is 5.76 Å². The van der Waals surface area contributed by atoms with Gasteiger partial charge >= 0.3 is 0 Å². The van der Waals surface area contributed by atoms with Crippen molar-refractivity contribution in [3.63, 3.8) is 0 Å². The second-order valence-corrected chi connectivity index (χ2v) is 7.30. The van der Waals surface area contributed by atoms with Crippen LogP contribution >= 0.6 is 0 Å². The van der Waals surface area contributed by atoms with Crippen LogP contribution in [-0.2, 0) is 24.9 Å². The van der Waals surface area contributed by atoms with Crippen molar-refractivity contribution >= 4 is 22.3 Å². The van der Waals surface area contributed by atoms with Crippen molar-refractivity contribution in [2.45, 2.75) is 13.8 Å². The van der Waals surface area contributed by atoms with E-state index in [2.05, 4.69) is 6.07 Å². The van der Waals surface area contributed by atoms with Gasteiger partial charge in [0, 0.05) is 49.1 Å². The number of hydrogen-bond acceptors (Lipinski definition) is 4. The Morgan fingerprint density at radius 2 is 1.59 bits per heavy atom. The first-order valence-corrected chi connectivity index (χ1v) is 9.88. The number of ketones is 2. The largest absolute Gasteiger partial charge is 0.512 e. The van der Waals surface area contributed by atoms with Gasteiger partial charge in [-0.2, -0.15) is 0 Å². The summed E-state index contributed by atoms with van der Waals surface area (Å²) in [5.74, 6) is 0.0189. The van der Waals surface area contributed by atoms with Crippen molar-refractivity contribution < 1.29 is 34.8 Å². The summed E-state index contributed by atoms with van der Waals surface area (Å²) in [4.78, 5) is 27.6. The molecule has 1 radical (unpaired) electrons. The molecule has 5 rings (SSSR count). The van der Waals surface area contributed by atoms with Crippen molar-refractivity contribution in [2.24, 2.45) is 0 Å². The van der Waals surface area contributed by atoms with Crippen molar-refractivity contribution in [3.05, 3.63) is 102 Å². The molecule has 0 aliphatic heterocycles. The average Bonchev–Trinajstić information content (AvgIpc) is 2.77. The standard InChI is InChI=1S/C22H12NO.C5H8O2.Ir/c24-22-16-10-5-4-9-15(16)19-13-23-21(14-7-2-1-3-8-14)17-11-6-12-18(22)20(17)19;1-4(6)3-5(2)7;/h1-7,9-13H;3,6H,1-2H3;/q-1;;/b;4-3-;. The second kappa shape index (κ2) is 9.82. The number of carbonyl (C=O) groups excluding carboxylic acids is 2. The minimum absolute atomic E-state index is 0. The number of fused-ring (bicyclic) bond motifs is 2. The molecule has 1 aromatic heterocycles. The number of aliphatic hydroxyl groups is 1. The zero-order chi connectivity index (χ0) is 22.0. The molecule has 1 aliphatic rings. The third-order valence-corrected chi connectivity index (χ3v) is 4.99. The van der Waals surface area contributed by atoms with Gasteiger partial charge in [-0.3, -0.25) is 9.59 Å². The molecule has 1 N–H and O–H groups in total. The normalized spacial score (nSPS) is 11.7. The molecule has 0 fully saturated rings. The molecule has 0 amide bonds. The topological polar surface area (TPSA) is 67.3 Å². The number of nitrogens with zero attached hydrogens (tertiary/aromatic N) is 1. The zero-order valence-corrected chi connectivity index (χ0v) is 19.9. The van der Waals surface area contributed by atoms with Crippen molar-refractivity contribution in [2.75, 3.05) is 0 Å². The molecule has 0 unspecified atom stereocenters. The molecular formula is C27H20IrNO3-. The number of allylic oxidation sites excluding steroid dienone is 2. The smallest absolute Gasteiger partial charge is 0.194 e. The summed E-state index contributed by atoms with van der Waals surface area (Å²) in [6, 6.07) is 24.6. The molecule has 1 heterocycles. The predicted molar refractivity (Wildman–Crippen MR) is 122 cm³/mol. The van der Waals surface area contributed by atoms with Gasteiger partial charge in [0.15, 0.2) is 11.6 Å². The Hall–Kier alpha value is -3.40. The summed E-state index contributed by atoms with van der Waals surface area (Å²) in [6.45, 7) is 2.85. The fourth-order valence-corrected chi connectivity index (χ4v) is 3.81. The first-order valence-electron chi connectivity index (χ1n) is 9.88. The number of aliphatic hydroxyl groups excluding tert-OH is 1. The summed E-state index contributed by atoms with van der Waals surface area (Å²) in [5, 5.41) is 10.3. The SMILES string of the molecule is CC(=O)/C=C(/C)O.O=C1c2ccccc2-c2cnc(-c3[c-]cccc3)c3cccc1c23.[Ir]. The molecule has 0 saturated carbocycles. The Bertz CT molecular complexity index is 1340. The summed E-state index contributed by atoms with van der Waals surface area (Å²) in [7, 11) is 0. The number of benzene rings is 3. The van der Waals surface area contributed by atoms with Gasteiger partial charge < -0.3 is 10.1 Å². The summed E-state index contributed by atoms with van der Waals surface area (Å²) < 4.78 is 0. The maximum Gasteiger partial charge on any atom is 0.194 e. The van der Waals surface area contributed by atoms with E-state index in [0.29, 0.717) is 0 Å². The van der Waals surface area contributed by atoms with E-state index in [-0.39, 0.29) is 37.4 Å². The molecule has 4 nitrogen and oxygen atoms in total. The molecule has 4 aromatic rings. The molecule has 0 bridgehead atoms. The third-order valence-electron chi connectivity index (χ3n) is 4.99. The van der Waals surface area contributed by atoms with Gasteiger partial charge in [0.1, 0.15) is 0 Å². The monoisotopic (exact) mass is 599 g/mol. The minimum Gasteiger partial charge on any atom is -0.512 e. The number of carbonyl (C=O) groups is 2. The second-order valence-electron chi connectivity index (χ2n) is 7.30. The van der Waals surface area contributed by atoms with E-state index in [1.54, 1.807) is 0 Å². The Morgan fingerprint density at radius 1 is 0.906 bits per heavy atom. The number of pyridine rings is 1. The van der Waals surface area contributed by atoms with E-state index in [0.717, 1.165) is 44.3 Å². The van der Waals surface area contributed by atoms with Crippen LogP contribution in [0.4, 0.5) is 0 Å². The summed E-state index contributed by atoms with van der Waals surface area (Å²) in [5.41, 5.74) is 5.28. The summed E-state index contributed by atoms with van der Waals surface area (Å²) in [6.07, 6.45) is 3.05. The fourth-order valence-electron chi connectivity index (χ4n) is 3.81. The minimum atomic E-state index is -0.125. The summed E-state index contributed by atoms with van der Waals surface area (Å²) >= 11 is 0. The van der Waals surface area contributed by atoms with Gasteiger partial charge in [0.2, 0.25) is 0 Å². The number of aromatic nitrogens is 1. The first kappa shape index (κ1) is 23.3. The van der Waals surface area contributed by atoms with Gasteiger partial charge in [0.25, 0.3) is 0 Å². The van der Waals surface area contributed by atoms with E-state index in [4.69, 9.17) is 10.1 Å². The molecule has 161 valence electrons.